The Bertz CT molecular complexity index is 413. The molecule has 0 bridgehead atoms. The SMILES string of the molecule is COc1c(F)cc(NC2CN(CCCF)C2)cc1F. The van der Waals surface area contributed by atoms with Crippen LogP contribution in [0.4, 0.5) is 18.9 Å². The molecular weight excluding hydrogens is 257 g/mol. The van der Waals surface area contributed by atoms with E-state index in [0.29, 0.717) is 12.1 Å². The number of nitrogens with zero attached hydrogens (tertiary/aromatic N) is 1. The van der Waals surface area contributed by atoms with Gasteiger partial charge in [0.2, 0.25) is 0 Å². The minimum absolute atomic E-state index is 0.145. The first-order valence-corrected chi connectivity index (χ1v) is 6.22. The van der Waals surface area contributed by atoms with Crippen molar-refractivity contribution in [2.24, 2.45) is 0 Å². The Morgan fingerprint density at radius 2 is 1.95 bits per heavy atom. The molecule has 3 nitrogen and oxygen atoms in total. The second-order valence-corrected chi connectivity index (χ2v) is 4.62. The second kappa shape index (κ2) is 6.14. The van der Waals surface area contributed by atoms with E-state index in [0.717, 1.165) is 19.6 Å². The predicted molar refractivity (Wildman–Crippen MR) is 67.4 cm³/mol. The van der Waals surface area contributed by atoms with Crippen LogP contribution in [-0.4, -0.2) is 44.4 Å². The van der Waals surface area contributed by atoms with Gasteiger partial charge in [0.05, 0.1) is 19.8 Å². The number of nitrogens with one attached hydrogen (secondary N) is 1. The van der Waals surface area contributed by atoms with Crippen LogP contribution in [0.5, 0.6) is 5.75 Å². The molecule has 1 fully saturated rings. The monoisotopic (exact) mass is 274 g/mol. The van der Waals surface area contributed by atoms with Crippen molar-refractivity contribution in [2.45, 2.75) is 12.5 Å². The lowest BCUT2D eigenvalue weighted by molar-refractivity contribution is 0.155. The average Bonchev–Trinajstić information content (AvgIpc) is 2.31. The molecule has 0 unspecified atom stereocenters. The summed E-state index contributed by atoms with van der Waals surface area (Å²) in [4.78, 5) is 2.09. The lowest BCUT2D eigenvalue weighted by Crippen LogP contribution is -2.54. The highest BCUT2D eigenvalue weighted by Gasteiger charge is 2.26. The molecule has 0 aromatic heterocycles. The maximum absolute atomic E-state index is 13.5. The summed E-state index contributed by atoms with van der Waals surface area (Å²) in [6.45, 7) is 1.92. The van der Waals surface area contributed by atoms with Gasteiger partial charge in [-0.2, -0.15) is 0 Å². The Morgan fingerprint density at radius 3 is 2.47 bits per heavy atom. The van der Waals surface area contributed by atoms with Crippen molar-refractivity contribution in [2.75, 3.05) is 38.7 Å². The van der Waals surface area contributed by atoms with Crippen molar-refractivity contribution in [3.05, 3.63) is 23.8 Å². The first kappa shape index (κ1) is 14.0. The fraction of sp³-hybridized carbons (Fsp3) is 0.538. The standard InChI is InChI=1S/C13H17F3N2O/c1-19-13-11(15)5-9(6-12(13)16)17-10-7-18(8-10)4-2-3-14/h5-6,10,17H,2-4,7-8H2,1H3. The van der Waals surface area contributed by atoms with Crippen molar-refractivity contribution in [3.8, 4) is 5.75 Å². The van der Waals surface area contributed by atoms with Gasteiger partial charge in [0.15, 0.2) is 17.4 Å². The number of rotatable bonds is 6. The number of ether oxygens (including phenoxy) is 1. The first-order chi connectivity index (χ1) is 9.13. The quantitative estimate of drug-likeness (QED) is 0.862. The third kappa shape index (κ3) is 3.32. The van der Waals surface area contributed by atoms with E-state index in [1.54, 1.807) is 0 Å². The van der Waals surface area contributed by atoms with Gasteiger partial charge in [-0.15, -0.1) is 0 Å². The van der Waals surface area contributed by atoms with E-state index in [1.165, 1.54) is 19.2 Å². The van der Waals surface area contributed by atoms with Crippen LogP contribution in [0.15, 0.2) is 12.1 Å². The van der Waals surface area contributed by atoms with Gasteiger partial charge in [0.1, 0.15) is 0 Å². The Hall–Kier alpha value is -1.43. The molecule has 1 aromatic carbocycles. The zero-order valence-electron chi connectivity index (χ0n) is 10.8. The summed E-state index contributed by atoms with van der Waals surface area (Å²) in [7, 11) is 1.23. The molecule has 2 rings (SSSR count). The molecule has 0 spiro atoms. The number of hydrogen-bond acceptors (Lipinski definition) is 3. The van der Waals surface area contributed by atoms with Crippen LogP contribution in [0.2, 0.25) is 0 Å². The molecule has 6 heteroatoms. The van der Waals surface area contributed by atoms with E-state index >= 15 is 0 Å². The summed E-state index contributed by atoms with van der Waals surface area (Å²) >= 11 is 0. The zero-order valence-corrected chi connectivity index (χ0v) is 10.8. The molecule has 1 aliphatic heterocycles. The Kier molecular flexibility index (Phi) is 4.52. The molecule has 19 heavy (non-hydrogen) atoms. The largest absolute Gasteiger partial charge is 0.491 e. The number of anilines is 1. The lowest BCUT2D eigenvalue weighted by Gasteiger charge is -2.40. The summed E-state index contributed by atoms with van der Waals surface area (Å²) in [6.07, 6.45) is 0.526. The molecule has 0 radical (unpaired) electrons. The number of methoxy groups -OCH3 is 1. The van der Waals surface area contributed by atoms with Gasteiger partial charge in [-0.3, -0.25) is 9.29 Å². The average molecular weight is 274 g/mol. The Labute approximate surface area is 110 Å². The van der Waals surface area contributed by atoms with Crippen LogP contribution in [0.1, 0.15) is 6.42 Å². The Morgan fingerprint density at radius 1 is 1.32 bits per heavy atom. The van der Waals surface area contributed by atoms with E-state index in [-0.39, 0.29) is 18.5 Å². The molecule has 106 valence electrons. The maximum atomic E-state index is 13.5. The molecule has 0 saturated carbocycles. The smallest absolute Gasteiger partial charge is 0.190 e. The van der Waals surface area contributed by atoms with Crippen molar-refractivity contribution in [1.29, 1.82) is 0 Å². The summed E-state index contributed by atoms with van der Waals surface area (Å²) in [5.41, 5.74) is 0.394. The number of hydrogen-bond donors (Lipinski definition) is 1. The highest BCUT2D eigenvalue weighted by Crippen LogP contribution is 2.26. The zero-order chi connectivity index (χ0) is 13.8. The van der Waals surface area contributed by atoms with Crippen LogP contribution in [0.3, 0.4) is 0 Å². The molecule has 0 amide bonds. The molecule has 1 heterocycles. The van der Waals surface area contributed by atoms with Crippen LogP contribution in [0.25, 0.3) is 0 Å². The van der Waals surface area contributed by atoms with Gasteiger partial charge in [-0.05, 0) is 6.42 Å². The van der Waals surface area contributed by atoms with Gasteiger partial charge < -0.3 is 10.1 Å². The fourth-order valence-electron chi connectivity index (χ4n) is 2.20. The molecule has 1 saturated heterocycles. The van der Waals surface area contributed by atoms with Gasteiger partial charge in [-0.25, -0.2) is 8.78 Å². The fourth-order valence-corrected chi connectivity index (χ4v) is 2.20. The first-order valence-electron chi connectivity index (χ1n) is 6.22. The molecule has 1 aliphatic rings. The molecule has 0 atom stereocenters. The molecular formula is C13H17F3N2O. The van der Waals surface area contributed by atoms with Gasteiger partial charge >= 0.3 is 0 Å². The van der Waals surface area contributed by atoms with Crippen LogP contribution >= 0.6 is 0 Å². The lowest BCUT2D eigenvalue weighted by atomic mass is 10.1. The van der Waals surface area contributed by atoms with Gasteiger partial charge in [-0.1, -0.05) is 0 Å². The Balaban J connectivity index is 1.88. The van der Waals surface area contributed by atoms with E-state index in [9.17, 15) is 13.2 Å². The molecule has 1 aromatic rings. The van der Waals surface area contributed by atoms with E-state index in [1.807, 2.05) is 0 Å². The van der Waals surface area contributed by atoms with Crippen LogP contribution in [0, 0.1) is 11.6 Å². The van der Waals surface area contributed by atoms with E-state index in [4.69, 9.17) is 0 Å². The number of benzene rings is 1. The summed E-state index contributed by atoms with van der Waals surface area (Å²) < 4.78 is 43.5. The van der Waals surface area contributed by atoms with E-state index in [2.05, 4.69) is 15.0 Å². The number of halogens is 3. The van der Waals surface area contributed by atoms with Crippen molar-refractivity contribution < 1.29 is 17.9 Å². The highest BCUT2D eigenvalue weighted by atomic mass is 19.1. The second-order valence-electron chi connectivity index (χ2n) is 4.62. The van der Waals surface area contributed by atoms with Crippen molar-refractivity contribution in [1.82, 2.24) is 4.90 Å². The van der Waals surface area contributed by atoms with Gasteiger partial charge in [0.25, 0.3) is 0 Å². The molecule has 0 aliphatic carbocycles. The van der Waals surface area contributed by atoms with Crippen molar-refractivity contribution >= 4 is 5.69 Å². The highest BCUT2D eigenvalue weighted by molar-refractivity contribution is 5.49. The third-order valence-corrected chi connectivity index (χ3v) is 3.14. The molecule has 1 N–H and O–H groups in total. The predicted octanol–water partition coefficient (Wildman–Crippen LogP) is 2.43. The summed E-state index contributed by atoms with van der Waals surface area (Å²) in [6, 6.07) is 2.57. The van der Waals surface area contributed by atoms with Gasteiger partial charge in [0, 0.05) is 37.5 Å². The topological polar surface area (TPSA) is 24.5 Å². The maximum Gasteiger partial charge on any atom is 0.190 e. The van der Waals surface area contributed by atoms with E-state index < -0.39 is 11.6 Å². The minimum atomic E-state index is -0.724. The van der Waals surface area contributed by atoms with Crippen LogP contribution < -0.4 is 10.1 Å². The third-order valence-electron chi connectivity index (χ3n) is 3.14. The normalized spacial score (nSPS) is 16.2. The number of likely N-dealkylation sites (tertiary alicyclic amines) is 1. The summed E-state index contributed by atoms with van der Waals surface area (Å²) in [5.74, 6) is -1.82. The van der Waals surface area contributed by atoms with Crippen LogP contribution in [-0.2, 0) is 0 Å². The van der Waals surface area contributed by atoms with Crippen molar-refractivity contribution in [3.63, 3.8) is 0 Å². The summed E-state index contributed by atoms with van der Waals surface area (Å²) in [5, 5.41) is 3.05. The minimum Gasteiger partial charge on any atom is -0.491 e. The number of alkyl halides is 1.